The molecule has 1 amide bonds. The van der Waals surface area contributed by atoms with Gasteiger partial charge in [0.05, 0.1) is 5.02 Å². The van der Waals surface area contributed by atoms with Gasteiger partial charge < -0.3 is 19.1 Å². The summed E-state index contributed by atoms with van der Waals surface area (Å²) in [5.41, 5.74) is 0.698. The molecule has 0 radical (unpaired) electrons. The monoisotopic (exact) mass is 419 g/mol. The number of rotatable bonds is 4. The first-order valence-corrected chi connectivity index (χ1v) is 10.7. The first-order valence-electron chi connectivity index (χ1n) is 10.4. The molecule has 0 bridgehead atoms. The molecule has 156 valence electrons. The van der Waals surface area contributed by atoms with Crippen LogP contribution < -0.4 is 9.47 Å². The van der Waals surface area contributed by atoms with Gasteiger partial charge in [-0.1, -0.05) is 24.4 Å². The number of nitrogens with zero attached hydrogens (tertiary/aromatic N) is 1. The zero-order valence-electron chi connectivity index (χ0n) is 16.4. The van der Waals surface area contributed by atoms with Crippen LogP contribution in [-0.4, -0.2) is 49.2 Å². The van der Waals surface area contributed by atoms with Gasteiger partial charge in [-0.2, -0.15) is 0 Å². The molecule has 2 fully saturated rings. The van der Waals surface area contributed by atoms with Crippen LogP contribution in [0.3, 0.4) is 0 Å². The van der Waals surface area contributed by atoms with Crippen molar-refractivity contribution < 1.29 is 23.8 Å². The van der Waals surface area contributed by atoms with Crippen LogP contribution >= 0.6 is 11.6 Å². The fourth-order valence-electron chi connectivity index (χ4n) is 4.59. The average molecular weight is 420 g/mol. The van der Waals surface area contributed by atoms with Gasteiger partial charge in [0.15, 0.2) is 18.1 Å². The molecule has 6 nitrogen and oxygen atoms in total. The van der Waals surface area contributed by atoms with Crippen molar-refractivity contribution in [1.82, 2.24) is 4.90 Å². The Kier molecular flexibility index (Phi) is 6.28. The van der Waals surface area contributed by atoms with Crippen molar-refractivity contribution in [2.45, 2.75) is 44.6 Å². The van der Waals surface area contributed by atoms with Gasteiger partial charge in [0.2, 0.25) is 0 Å². The summed E-state index contributed by atoms with van der Waals surface area (Å²) in [6, 6.07) is 3.77. The Balaban J connectivity index is 1.32. The van der Waals surface area contributed by atoms with E-state index < -0.39 is 5.97 Å². The maximum Gasteiger partial charge on any atom is 0.331 e. The molecule has 4 rings (SSSR count). The lowest BCUT2D eigenvalue weighted by molar-refractivity contribution is -0.151. The van der Waals surface area contributed by atoms with Crippen molar-refractivity contribution in [3.63, 3.8) is 0 Å². The van der Waals surface area contributed by atoms with E-state index in [0.717, 1.165) is 19.4 Å². The second-order valence-corrected chi connectivity index (χ2v) is 8.22. The average Bonchev–Trinajstić information content (AvgIpc) is 2.75. The number of halogens is 1. The summed E-state index contributed by atoms with van der Waals surface area (Å²) in [7, 11) is 0. The van der Waals surface area contributed by atoms with E-state index in [1.54, 1.807) is 18.2 Å². The van der Waals surface area contributed by atoms with Crippen molar-refractivity contribution in [1.29, 1.82) is 0 Å². The van der Waals surface area contributed by atoms with Crippen molar-refractivity contribution in [2.24, 2.45) is 5.92 Å². The molecule has 3 aliphatic rings. The smallest absolute Gasteiger partial charge is 0.331 e. The Hall–Kier alpha value is -2.21. The van der Waals surface area contributed by atoms with Gasteiger partial charge in [-0.05, 0) is 55.4 Å². The van der Waals surface area contributed by atoms with Crippen LogP contribution in [0.1, 0.15) is 44.1 Å². The molecular formula is C22H26ClNO5. The van der Waals surface area contributed by atoms with Gasteiger partial charge in [0, 0.05) is 18.7 Å². The summed E-state index contributed by atoms with van der Waals surface area (Å²) < 4.78 is 16.2. The van der Waals surface area contributed by atoms with E-state index in [4.69, 9.17) is 25.8 Å². The number of carbonyl (C=O) groups excluding carboxylic acids is 2. The Labute approximate surface area is 175 Å². The summed E-state index contributed by atoms with van der Waals surface area (Å²) in [6.07, 6.45) is 9.83. The number of hydrogen-bond acceptors (Lipinski definition) is 5. The van der Waals surface area contributed by atoms with E-state index in [9.17, 15) is 9.59 Å². The summed E-state index contributed by atoms with van der Waals surface area (Å²) in [6.45, 7) is 1.47. The highest BCUT2D eigenvalue weighted by Crippen LogP contribution is 2.38. The fraction of sp³-hybridized carbons (Fsp3) is 0.545. The highest BCUT2D eigenvalue weighted by Gasteiger charge is 2.35. The minimum atomic E-state index is -0.554. The van der Waals surface area contributed by atoms with E-state index in [0.29, 0.717) is 47.3 Å². The summed E-state index contributed by atoms with van der Waals surface area (Å²) in [4.78, 5) is 26.6. The Bertz CT molecular complexity index is 807. The SMILES string of the molecule is O=C(/C=C/c1cc(Cl)c2c(c1)OCCO2)OCC(=O)N1CCC[C@H]2CCCC[C@H]21. The first kappa shape index (κ1) is 20.1. The number of esters is 1. The lowest BCUT2D eigenvalue weighted by Crippen LogP contribution is -2.50. The van der Waals surface area contributed by atoms with Gasteiger partial charge in [-0.3, -0.25) is 4.79 Å². The third-order valence-corrected chi connectivity index (χ3v) is 6.21. The van der Waals surface area contributed by atoms with Crippen LogP contribution in [-0.2, 0) is 14.3 Å². The Morgan fingerprint density at radius 3 is 2.83 bits per heavy atom. The predicted octanol–water partition coefficient (Wildman–Crippen LogP) is 3.85. The minimum Gasteiger partial charge on any atom is -0.486 e. The second-order valence-electron chi connectivity index (χ2n) is 7.81. The topological polar surface area (TPSA) is 65.1 Å². The third-order valence-electron chi connectivity index (χ3n) is 5.93. The van der Waals surface area contributed by atoms with E-state index in [1.807, 2.05) is 4.90 Å². The molecule has 2 heterocycles. The molecule has 7 heteroatoms. The fourth-order valence-corrected chi connectivity index (χ4v) is 4.86. The van der Waals surface area contributed by atoms with Crippen LogP contribution in [0.25, 0.3) is 6.08 Å². The third kappa shape index (κ3) is 4.69. The largest absolute Gasteiger partial charge is 0.486 e. The number of piperidine rings is 1. The Morgan fingerprint density at radius 2 is 1.93 bits per heavy atom. The predicted molar refractivity (Wildman–Crippen MR) is 109 cm³/mol. The molecule has 29 heavy (non-hydrogen) atoms. The minimum absolute atomic E-state index is 0.0919. The van der Waals surface area contributed by atoms with Crippen LogP contribution in [0.5, 0.6) is 11.5 Å². The molecule has 1 saturated heterocycles. The van der Waals surface area contributed by atoms with Crippen molar-refractivity contribution in [3.8, 4) is 11.5 Å². The summed E-state index contributed by atoms with van der Waals surface area (Å²) in [5, 5.41) is 0.428. The van der Waals surface area contributed by atoms with Gasteiger partial charge >= 0.3 is 5.97 Å². The maximum atomic E-state index is 12.6. The lowest BCUT2D eigenvalue weighted by atomic mass is 9.78. The molecule has 0 N–H and O–H groups in total. The molecule has 0 aromatic heterocycles. The molecule has 2 aliphatic heterocycles. The van der Waals surface area contributed by atoms with Crippen LogP contribution in [0.15, 0.2) is 18.2 Å². The van der Waals surface area contributed by atoms with Gasteiger partial charge in [0.25, 0.3) is 5.91 Å². The maximum absolute atomic E-state index is 12.6. The molecular weight excluding hydrogens is 394 g/mol. The molecule has 0 unspecified atom stereocenters. The van der Waals surface area contributed by atoms with Crippen molar-refractivity contribution >= 4 is 29.6 Å². The number of benzene rings is 1. The number of likely N-dealkylation sites (tertiary alicyclic amines) is 1. The normalized spacial score (nSPS) is 23.6. The molecule has 1 aromatic carbocycles. The molecule has 2 atom stereocenters. The lowest BCUT2D eigenvalue weighted by Gasteiger charge is -2.44. The number of hydrogen-bond donors (Lipinski definition) is 0. The van der Waals surface area contributed by atoms with Gasteiger partial charge in [-0.15, -0.1) is 0 Å². The number of amides is 1. The quantitative estimate of drug-likeness (QED) is 0.548. The number of ether oxygens (including phenoxy) is 3. The molecule has 1 aromatic rings. The standard InChI is InChI=1S/C22H26ClNO5/c23-17-12-15(13-19-22(17)28-11-10-27-19)7-8-21(26)29-14-20(25)24-9-3-5-16-4-1-2-6-18(16)24/h7-8,12-13,16,18H,1-6,9-11,14H2/b8-7+/t16-,18-/m1/s1. The molecule has 1 saturated carbocycles. The Morgan fingerprint density at radius 1 is 1.14 bits per heavy atom. The van der Waals surface area contributed by atoms with Gasteiger partial charge in [-0.25, -0.2) is 4.79 Å². The highest BCUT2D eigenvalue weighted by atomic mass is 35.5. The van der Waals surface area contributed by atoms with Crippen LogP contribution in [0.2, 0.25) is 5.02 Å². The van der Waals surface area contributed by atoms with Crippen LogP contribution in [0.4, 0.5) is 0 Å². The molecule has 0 spiro atoms. The van der Waals surface area contributed by atoms with E-state index >= 15 is 0 Å². The van der Waals surface area contributed by atoms with E-state index in [2.05, 4.69) is 0 Å². The van der Waals surface area contributed by atoms with Gasteiger partial charge in [0.1, 0.15) is 13.2 Å². The highest BCUT2D eigenvalue weighted by molar-refractivity contribution is 6.32. The zero-order valence-corrected chi connectivity index (χ0v) is 17.2. The van der Waals surface area contributed by atoms with E-state index in [-0.39, 0.29) is 12.5 Å². The number of carbonyl (C=O) groups is 2. The van der Waals surface area contributed by atoms with Crippen molar-refractivity contribution in [2.75, 3.05) is 26.4 Å². The second kappa shape index (κ2) is 9.08. The van der Waals surface area contributed by atoms with Crippen molar-refractivity contribution in [3.05, 3.63) is 28.8 Å². The zero-order chi connectivity index (χ0) is 20.2. The summed E-state index contributed by atoms with van der Waals surface area (Å²) >= 11 is 6.20. The van der Waals surface area contributed by atoms with E-state index in [1.165, 1.54) is 31.8 Å². The molecule has 1 aliphatic carbocycles. The summed E-state index contributed by atoms with van der Waals surface area (Å²) in [5.74, 6) is 1.04. The number of fused-ring (bicyclic) bond motifs is 2. The van der Waals surface area contributed by atoms with Crippen LogP contribution in [0, 0.1) is 5.92 Å². The first-order chi connectivity index (χ1) is 14.1.